The third-order valence-corrected chi connectivity index (χ3v) is 5.32. The largest absolute Gasteiger partial charge is 0.297 e. The van der Waals surface area contributed by atoms with E-state index in [4.69, 9.17) is 0 Å². The van der Waals surface area contributed by atoms with Crippen LogP contribution in [0.3, 0.4) is 0 Å². The van der Waals surface area contributed by atoms with E-state index in [0.717, 1.165) is 24.2 Å². The predicted molar refractivity (Wildman–Crippen MR) is 93.8 cm³/mol. The Morgan fingerprint density at radius 1 is 1.29 bits per heavy atom. The molecule has 1 saturated carbocycles. The zero-order valence-corrected chi connectivity index (χ0v) is 14.6. The Hall–Kier alpha value is -1.11. The Bertz CT molecular complexity index is 502. The monoisotopic (exact) mass is 285 g/mol. The van der Waals surface area contributed by atoms with Crippen LogP contribution in [0.15, 0.2) is 40.4 Å². The molecule has 0 bridgehead atoms. The first-order valence-electron chi connectivity index (χ1n) is 8.28. The van der Waals surface area contributed by atoms with Crippen molar-refractivity contribution in [3.63, 3.8) is 0 Å². The molecule has 116 valence electrons. The number of hydrogen-bond donors (Lipinski definition) is 0. The van der Waals surface area contributed by atoms with Gasteiger partial charge in [0.15, 0.2) is 0 Å². The van der Waals surface area contributed by atoms with E-state index in [-0.39, 0.29) is 5.41 Å². The molecule has 0 heterocycles. The fourth-order valence-electron chi connectivity index (χ4n) is 3.93. The quantitative estimate of drug-likeness (QED) is 0.471. The van der Waals surface area contributed by atoms with Crippen LogP contribution in [0.5, 0.6) is 0 Å². The SMILES string of the molecule is CN=C(C)C/C=C\C(C)(C)C1CC2C=C(C)CC(C)=CC21. The van der Waals surface area contributed by atoms with Crippen LogP contribution in [-0.2, 0) is 0 Å². The summed E-state index contributed by atoms with van der Waals surface area (Å²) in [6.45, 7) is 11.5. The average molecular weight is 285 g/mol. The Balaban J connectivity index is 2.07. The van der Waals surface area contributed by atoms with E-state index in [1.54, 1.807) is 11.1 Å². The van der Waals surface area contributed by atoms with Crippen LogP contribution in [-0.4, -0.2) is 12.8 Å². The Morgan fingerprint density at radius 2 is 1.95 bits per heavy atom. The van der Waals surface area contributed by atoms with Crippen molar-refractivity contribution in [2.75, 3.05) is 7.05 Å². The highest BCUT2D eigenvalue weighted by atomic mass is 14.7. The minimum Gasteiger partial charge on any atom is -0.297 e. The highest BCUT2D eigenvalue weighted by Gasteiger charge is 2.45. The lowest BCUT2D eigenvalue weighted by molar-refractivity contribution is 0.0622. The van der Waals surface area contributed by atoms with Crippen LogP contribution in [0.2, 0.25) is 0 Å². The average Bonchev–Trinajstić information content (AvgIpc) is 2.48. The van der Waals surface area contributed by atoms with Crippen LogP contribution >= 0.6 is 0 Å². The summed E-state index contributed by atoms with van der Waals surface area (Å²) >= 11 is 0. The first-order valence-corrected chi connectivity index (χ1v) is 8.28. The number of nitrogens with zero attached hydrogens (tertiary/aromatic N) is 1. The maximum absolute atomic E-state index is 4.23. The summed E-state index contributed by atoms with van der Waals surface area (Å²) in [5.41, 5.74) is 4.59. The van der Waals surface area contributed by atoms with E-state index in [1.807, 2.05) is 7.05 Å². The van der Waals surface area contributed by atoms with Gasteiger partial charge in [0.1, 0.15) is 0 Å². The molecule has 0 aromatic carbocycles. The molecule has 1 nitrogen and oxygen atoms in total. The molecule has 2 aliphatic carbocycles. The number of hydrogen-bond acceptors (Lipinski definition) is 1. The summed E-state index contributed by atoms with van der Waals surface area (Å²) in [7, 11) is 1.87. The van der Waals surface area contributed by atoms with Crippen LogP contribution in [0.1, 0.15) is 53.9 Å². The van der Waals surface area contributed by atoms with Gasteiger partial charge in [-0.2, -0.15) is 0 Å². The molecular weight excluding hydrogens is 254 g/mol. The maximum Gasteiger partial charge on any atom is 0.0276 e. The van der Waals surface area contributed by atoms with E-state index in [1.165, 1.54) is 18.6 Å². The summed E-state index contributed by atoms with van der Waals surface area (Å²) in [6, 6.07) is 0. The summed E-state index contributed by atoms with van der Waals surface area (Å²) < 4.78 is 0. The molecule has 3 atom stereocenters. The van der Waals surface area contributed by atoms with Gasteiger partial charge in [0.25, 0.3) is 0 Å². The molecule has 1 fully saturated rings. The van der Waals surface area contributed by atoms with Crippen molar-refractivity contribution in [3.05, 3.63) is 35.5 Å². The molecule has 0 amide bonds. The van der Waals surface area contributed by atoms with Gasteiger partial charge in [0, 0.05) is 19.2 Å². The number of allylic oxidation sites excluding steroid dienone is 6. The molecular formula is C20H31N. The van der Waals surface area contributed by atoms with Gasteiger partial charge in [-0.25, -0.2) is 0 Å². The van der Waals surface area contributed by atoms with Crippen molar-refractivity contribution in [3.8, 4) is 0 Å². The van der Waals surface area contributed by atoms with Gasteiger partial charge in [-0.15, -0.1) is 0 Å². The van der Waals surface area contributed by atoms with E-state index >= 15 is 0 Å². The lowest BCUT2D eigenvalue weighted by Gasteiger charge is -2.49. The topological polar surface area (TPSA) is 12.4 Å². The van der Waals surface area contributed by atoms with Crippen molar-refractivity contribution < 1.29 is 0 Å². The van der Waals surface area contributed by atoms with Crippen molar-refractivity contribution in [2.24, 2.45) is 28.2 Å². The van der Waals surface area contributed by atoms with Gasteiger partial charge in [-0.1, -0.05) is 49.3 Å². The van der Waals surface area contributed by atoms with Crippen LogP contribution in [0.25, 0.3) is 0 Å². The highest BCUT2D eigenvalue weighted by Crippen LogP contribution is 2.53. The van der Waals surface area contributed by atoms with Crippen molar-refractivity contribution in [1.29, 1.82) is 0 Å². The zero-order valence-electron chi connectivity index (χ0n) is 14.6. The molecule has 2 rings (SSSR count). The van der Waals surface area contributed by atoms with Crippen molar-refractivity contribution in [2.45, 2.75) is 53.9 Å². The Kier molecular flexibility index (Phi) is 4.91. The fraction of sp³-hybridized carbons (Fsp3) is 0.650. The number of rotatable bonds is 4. The number of fused-ring (bicyclic) bond motifs is 1. The normalized spacial score (nSPS) is 30.4. The molecule has 3 unspecified atom stereocenters. The Morgan fingerprint density at radius 3 is 2.62 bits per heavy atom. The Labute approximate surface area is 130 Å². The highest BCUT2D eigenvalue weighted by molar-refractivity contribution is 5.83. The predicted octanol–water partition coefficient (Wildman–Crippen LogP) is 5.60. The fourth-order valence-corrected chi connectivity index (χ4v) is 3.93. The first-order chi connectivity index (χ1) is 9.83. The van der Waals surface area contributed by atoms with Gasteiger partial charge in [-0.05, 0) is 56.8 Å². The molecule has 0 spiro atoms. The molecule has 0 aliphatic heterocycles. The third-order valence-electron chi connectivity index (χ3n) is 5.32. The minimum absolute atomic E-state index is 0.276. The second kappa shape index (κ2) is 6.34. The standard InChI is InChI=1S/C20H31N/c1-14-10-15(2)12-18-17(11-14)13-19(18)20(4,5)9-7-8-16(3)21-6/h7,9,11-12,17-19H,8,10,13H2,1-6H3/b9-7-,21-16?. The summed E-state index contributed by atoms with van der Waals surface area (Å²) in [5.74, 6) is 2.29. The van der Waals surface area contributed by atoms with Crippen molar-refractivity contribution in [1.82, 2.24) is 0 Å². The van der Waals surface area contributed by atoms with Gasteiger partial charge in [-0.3, -0.25) is 4.99 Å². The lowest BCUT2D eigenvalue weighted by atomic mass is 9.55. The molecule has 0 aromatic heterocycles. The molecule has 1 heteroatoms. The van der Waals surface area contributed by atoms with E-state index in [2.05, 4.69) is 63.9 Å². The zero-order chi connectivity index (χ0) is 15.6. The van der Waals surface area contributed by atoms with Gasteiger partial charge >= 0.3 is 0 Å². The molecule has 2 aliphatic rings. The van der Waals surface area contributed by atoms with E-state index in [9.17, 15) is 0 Å². The second-order valence-electron chi connectivity index (χ2n) is 7.67. The van der Waals surface area contributed by atoms with Crippen LogP contribution in [0, 0.1) is 23.2 Å². The van der Waals surface area contributed by atoms with E-state index < -0.39 is 0 Å². The van der Waals surface area contributed by atoms with E-state index in [0.29, 0.717) is 0 Å². The van der Waals surface area contributed by atoms with Gasteiger partial charge < -0.3 is 0 Å². The smallest absolute Gasteiger partial charge is 0.0276 e. The van der Waals surface area contributed by atoms with Crippen LogP contribution in [0.4, 0.5) is 0 Å². The van der Waals surface area contributed by atoms with Gasteiger partial charge in [0.2, 0.25) is 0 Å². The molecule has 0 saturated heterocycles. The summed E-state index contributed by atoms with van der Waals surface area (Å²) in [5, 5.41) is 0. The molecule has 0 N–H and O–H groups in total. The van der Waals surface area contributed by atoms with Crippen LogP contribution < -0.4 is 0 Å². The third kappa shape index (κ3) is 3.75. The first kappa shape index (κ1) is 16.3. The van der Waals surface area contributed by atoms with Gasteiger partial charge in [0.05, 0.1) is 0 Å². The summed E-state index contributed by atoms with van der Waals surface area (Å²) in [6.07, 6.45) is 13.3. The summed E-state index contributed by atoms with van der Waals surface area (Å²) in [4.78, 5) is 4.23. The molecule has 0 radical (unpaired) electrons. The maximum atomic E-state index is 4.23. The lowest BCUT2D eigenvalue weighted by Crippen LogP contribution is -2.42. The molecule has 21 heavy (non-hydrogen) atoms. The minimum atomic E-state index is 0.276. The number of aliphatic imine (C=N–C) groups is 1. The second-order valence-corrected chi connectivity index (χ2v) is 7.67. The molecule has 0 aromatic rings. The van der Waals surface area contributed by atoms with Crippen molar-refractivity contribution >= 4 is 5.71 Å².